The molecule has 0 aliphatic carbocycles. The lowest BCUT2D eigenvalue weighted by Gasteiger charge is -2.06. The summed E-state index contributed by atoms with van der Waals surface area (Å²) in [6.45, 7) is 0.344. The van der Waals surface area contributed by atoms with Crippen molar-refractivity contribution in [2.24, 2.45) is 0 Å². The van der Waals surface area contributed by atoms with Crippen molar-refractivity contribution in [2.45, 2.75) is 6.54 Å². The summed E-state index contributed by atoms with van der Waals surface area (Å²) in [6.07, 6.45) is 1.66. The zero-order chi connectivity index (χ0) is 11.5. The SMILES string of the molecule is Nc1ccc(Cn2ccccc2=O)cc1F. The van der Waals surface area contributed by atoms with Gasteiger partial charge in [0.1, 0.15) is 5.82 Å². The topological polar surface area (TPSA) is 48.0 Å². The summed E-state index contributed by atoms with van der Waals surface area (Å²) in [5, 5.41) is 0. The van der Waals surface area contributed by atoms with Gasteiger partial charge in [-0.3, -0.25) is 4.79 Å². The van der Waals surface area contributed by atoms with Crippen LogP contribution in [0.25, 0.3) is 0 Å². The molecule has 3 nitrogen and oxygen atoms in total. The molecule has 0 saturated heterocycles. The van der Waals surface area contributed by atoms with Gasteiger partial charge in [0.2, 0.25) is 0 Å². The van der Waals surface area contributed by atoms with Crippen LogP contribution in [-0.2, 0) is 6.54 Å². The Labute approximate surface area is 92.0 Å². The maximum atomic E-state index is 13.2. The van der Waals surface area contributed by atoms with Gasteiger partial charge in [0.25, 0.3) is 5.56 Å². The smallest absolute Gasteiger partial charge is 0.250 e. The molecule has 1 aromatic heterocycles. The first kappa shape index (κ1) is 10.4. The molecule has 1 heterocycles. The number of nitrogen functional groups attached to an aromatic ring is 1. The maximum Gasteiger partial charge on any atom is 0.250 e. The number of rotatable bonds is 2. The van der Waals surface area contributed by atoms with E-state index < -0.39 is 5.82 Å². The minimum atomic E-state index is -0.457. The van der Waals surface area contributed by atoms with Crippen molar-refractivity contribution in [2.75, 3.05) is 5.73 Å². The van der Waals surface area contributed by atoms with Crippen LogP contribution in [0.2, 0.25) is 0 Å². The van der Waals surface area contributed by atoms with Crippen LogP contribution in [0.3, 0.4) is 0 Å². The highest BCUT2D eigenvalue weighted by molar-refractivity contribution is 5.41. The molecule has 2 aromatic rings. The van der Waals surface area contributed by atoms with Gasteiger partial charge in [-0.1, -0.05) is 12.1 Å². The highest BCUT2D eigenvalue weighted by Crippen LogP contribution is 2.12. The lowest BCUT2D eigenvalue weighted by atomic mass is 10.2. The van der Waals surface area contributed by atoms with E-state index >= 15 is 0 Å². The minimum absolute atomic E-state index is 0.111. The Hall–Kier alpha value is -2.10. The Morgan fingerprint density at radius 2 is 2.06 bits per heavy atom. The summed E-state index contributed by atoms with van der Waals surface area (Å²) in [4.78, 5) is 11.4. The number of nitrogens with two attached hydrogens (primary N) is 1. The second kappa shape index (κ2) is 4.18. The highest BCUT2D eigenvalue weighted by atomic mass is 19.1. The van der Waals surface area contributed by atoms with Gasteiger partial charge < -0.3 is 10.3 Å². The first-order chi connectivity index (χ1) is 7.66. The Bertz CT molecular complexity index is 563. The van der Waals surface area contributed by atoms with Crippen LogP contribution in [0.1, 0.15) is 5.56 Å². The maximum absolute atomic E-state index is 13.2. The molecule has 0 radical (unpaired) electrons. The number of aromatic nitrogens is 1. The van der Waals surface area contributed by atoms with E-state index in [0.29, 0.717) is 12.1 Å². The summed E-state index contributed by atoms with van der Waals surface area (Å²) in [5.41, 5.74) is 6.08. The molecule has 0 unspecified atom stereocenters. The van der Waals surface area contributed by atoms with E-state index in [1.165, 1.54) is 22.8 Å². The van der Waals surface area contributed by atoms with E-state index in [1.807, 2.05) is 0 Å². The van der Waals surface area contributed by atoms with Crippen molar-refractivity contribution in [3.05, 3.63) is 64.3 Å². The van der Waals surface area contributed by atoms with Crippen molar-refractivity contribution in [3.63, 3.8) is 0 Å². The Morgan fingerprint density at radius 3 is 2.75 bits per heavy atom. The lowest BCUT2D eigenvalue weighted by molar-refractivity contribution is 0.627. The summed E-state index contributed by atoms with van der Waals surface area (Å²) in [6, 6.07) is 9.44. The second-order valence-corrected chi connectivity index (χ2v) is 3.52. The molecule has 0 atom stereocenters. The van der Waals surface area contributed by atoms with E-state index in [-0.39, 0.29) is 11.2 Å². The molecule has 0 bridgehead atoms. The van der Waals surface area contributed by atoms with Gasteiger partial charge in [-0.05, 0) is 23.8 Å². The number of hydrogen-bond acceptors (Lipinski definition) is 2. The van der Waals surface area contributed by atoms with E-state index in [4.69, 9.17) is 5.73 Å². The average molecular weight is 218 g/mol. The predicted molar refractivity (Wildman–Crippen MR) is 60.6 cm³/mol. The molecule has 0 amide bonds. The zero-order valence-corrected chi connectivity index (χ0v) is 8.56. The highest BCUT2D eigenvalue weighted by Gasteiger charge is 2.01. The van der Waals surface area contributed by atoms with Gasteiger partial charge in [0.15, 0.2) is 0 Å². The van der Waals surface area contributed by atoms with Gasteiger partial charge in [0.05, 0.1) is 12.2 Å². The fraction of sp³-hybridized carbons (Fsp3) is 0.0833. The molecule has 0 aliphatic heterocycles. The molecule has 1 aromatic carbocycles. The average Bonchev–Trinajstić information content (AvgIpc) is 2.27. The quantitative estimate of drug-likeness (QED) is 0.778. The lowest BCUT2D eigenvalue weighted by Crippen LogP contribution is -2.18. The van der Waals surface area contributed by atoms with Gasteiger partial charge >= 0.3 is 0 Å². The van der Waals surface area contributed by atoms with Crippen LogP contribution in [0.5, 0.6) is 0 Å². The fourth-order valence-electron chi connectivity index (χ4n) is 1.46. The van der Waals surface area contributed by atoms with E-state index in [1.54, 1.807) is 24.4 Å². The first-order valence-electron chi connectivity index (χ1n) is 4.86. The molecular formula is C12H11FN2O. The summed E-state index contributed by atoms with van der Waals surface area (Å²) < 4.78 is 14.7. The minimum Gasteiger partial charge on any atom is -0.396 e. The molecule has 0 aliphatic rings. The first-order valence-corrected chi connectivity index (χ1v) is 4.86. The Morgan fingerprint density at radius 1 is 1.25 bits per heavy atom. The van der Waals surface area contributed by atoms with E-state index in [2.05, 4.69) is 0 Å². The standard InChI is InChI=1S/C12H11FN2O/c13-10-7-9(4-5-11(10)14)8-15-6-2-1-3-12(15)16/h1-7H,8,14H2. The van der Waals surface area contributed by atoms with E-state index in [9.17, 15) is 9.18 Å². The number of nitrogens with zero attached hydrogens (tertiary/aromatic N) is 1. The normalized spacial score (nSPS) is 10.3. The van der Waals surface area contributed by atoms with Crippen molar-refractivity contribution < 1.29 is 4.39 Å². The molecule has 4 heteroatoms. The third kappa shape index (κ3) is 2.11. The van der Waals surface area contributed by atoms with Crippen LogP contribution in [0.4, 0.5) is 10.1 Å². The third-order valence-electron chi connectivity index (χ3n) is 2.32. The van der Waals surface area contributed by atoms with Crippen molar-refractivity contribution in [3.8, 4) is 0 Å². The molecule has 2 N–H and O–H groups in total. The fourth-order valence-corrected chi connectivity index (χ4v) is 1.46. The van der Waals surface area contributed by atoms with Gasteiger partial charge in [-0.2, -0.15) is 0 Å². The van der Waals surface area contributed by atoms with Gasteiger partial charge in [0, 0.05) is 12.3 Å². The van der Waals surface area contributed by atoms with E-state index in [0.717, 1.165) is 0 Å². The number of anilines is 1. The van der Waals surface area contributed by atoms with Crippen LogP contribution < -0.4 is 11.3 Å². The molecule has 2 rings (SSSR count). The monoisotopic (exact) mass is 218 g/mol. The third-order valence-corrected chi connectivity index (χ3v) is 2.32. The molecular weight excluding hydrogens is 207 g/mol. The van der Waals surface area contributed by atoms with Crippen LogP contribution in [0, 0.1) is 5.82 Å². The van der Waals surface area contributed by atoms with Crippen LogP contribution in [0.15, 0.2) is 47.4 Å². The van der Waals surface area contributed by atoms with Crippen molar-refractivity contribution in [1.82, 2.24) is 4.57 Å². The number of hydrogen-bond donors (Lipinski definition) is 1. The largest absolute Gasteiger partial charge is 0.396 e. The molecule has 0 spiro atoms. The molecule has 82 valence electrons. The Kier molecular flexibility index (Phi) is 2.72. The molecule has 16 heavy (non-hydrogen) atoms. The number of halogens is 1. The van der Waals surface area contributed by atoms with Crippen LogP contribution in [-0.4, -0.2) is 4.57 Å². The second-order valence-electron chi connectivity index (χ2n) is 3.52. The van der Waals surface area contributed by atoms with Crippen molar-refractivity contribution >= 4 is 5.69 Å². The van der Waals surface area contributed by atoms with Crippen LogP contribution >= 0.6 is 0 Å². The molecule has 0 fully saturated rings. The number of pyridine rings is 1. The predicted octanol–water partition coefficient (Wildman–Crippen LogP) is 1.62. The number of benzene rings is 1. The van der Waals surface area contributed by atoms with Crippen molar-refractivity contribution in [1.29, 1.82) is 0 Å². The summed E-state index contributed by atoms with van der Waals surface area (Å²) in [5.74, 6) is -0.457. The Balaban J connectivity index is 2.31. The zero-order valence-electron chi connectivity index (χ0n) is 8.56. The summed E-state index contributed by atoms with van der Waals surface area (Å²) >= 11 is 0. The summed E-state index contributed by atoms with van der Waals surface area (Å²) in [7, 11) is 0. The van der Waals surface area contributed by atoms with Gasteiger partial charge in [-0.25, -0.2) is 4.39 Å². The molecule has 0 saturated carbocycles. The van der Waals surface area contributed by atoms with Gasteiger partial charge in [-0.15, -0.1) is 0 Å².